The van der Waals surface area contributed by atoms with Crippen molar-refractivity contribution >= 4 is 17.5 Å². The number of aliphatic hydroxyl groups is 2. The van der Waals surface area contributed by atoms with Crippen molar-refractivity contribution < 1.29 is 55.8 Å². The molecule has 0 spiro atoms. The third-order valence-corrected chi connectivity index (χ3v) is 6.62. The number of hydrogen-bond acceptors (Lipinski definition) is 6. The maximum Gasteiger partial charge on any atom is 0.417 e. The molecule has 4 atom stereocenters. The number of aromatic nitrogens is 1. The maximum absolute atomic E-state index is 14.7. The Labute approximate surface area is 214 Å². The van der Waals surface area contributed by atoms with Gasteiger partial charge in [0.05, 0.1) is 12.3 Å². The molecule has 0 bridgehead atoms. The fourth-order valence-corrected chi connectivity index (χ4v) is 4.39. The minimum absolute atomic E-state index is 0.00374. The zero-order valence-corrected chi connectivity index (χ0v) is 20.6. The Morgan fingerprint density at radius 3 is 2.47 bits per heavy atom. The van der Waals surface area contributed by atoms with Crippen LogP contribution < -0.4 is 19.9 Å². The molecule has 0 radical (unpaired) electrons. The third kappa shape index (κ3) is 5.28. The summed E-state index contributed by atoms with van der Waals surface area (Å²) in [5.74, 6) is -8.18. The molecule has 0 saturated carbocycles. The number of rotatable bonds is 8. The Balaban J connectivity index is 2.09. The second kappa shape index (κ2) is 11.2. The first-order chi connectivity index (χ1) is 17.8. The number of pyridine rings is 1. The molecule has 1 aliphatic rings. The number of amides is 2. The van der Waals surface area contributed by atoms with E-state index in [1.165, 1.54) is 32.3 Å². The van der Waals surface area contributed by atoms with E-state index in [0.717, 1.165) is 17.6 Å². The van der Waals surface area contributed by atoms with Crippen molar-refractivity contribution in [1.29, 1.82) is 0 Å². The Hall–Kier alpha value is -3.36. The predicted octanol–water partition coefficient (Wildman–Crippen LogP) is 2.01. The third-order valence-electron chi connectivity index (χ3n) is 6.62. The number of nitrogens with zero attached hydrogens (tertiary/aromatic N) is 1. The van der Waals surface area contributed by atoms with E-state index in [1.54, 1.807) is 0 Å². The van der Waals surface area contributed by atoms with Gasteiger partial charge in [-0.25, -0.2) is 4.39 Å². The molecule has 3 rings (SSSR count). The van der Waals surface area contributed by atoms with Gasteiger partial charge in [-0.15, -0.1) is 0 Å². The highest BCUT2D eigenvalue weighted by atomic mass is 19.4. The van der Waals surface area contributed by atoms with Crippen molar-refractivity contribution in [1.82, 2.24) is 5.32 Å². The number of ether oxygens (including phenoxy) is 2. The van der Waals surface area contributed by atoms with Crippen molar-refractivity contribution in [3.63, 3.8) is 0 Å². The van der Waals surface area contributed by atoms with E-state index in [4.69, 9.17) is 14.6 Å². The van der Waals surface area contributed by atoms with Crippen LogP contribution in [0.2, 0.25) is 0 Å². The van der Waals surface area contributed by atoms with E-state index in [9.17, 15) is 36.6 Å². The van der Waals surface area contributed by atoms with Crippen LogP contribution in [0.4, 0.5) is 27.6 Å². The monoisotopic (exact) mass is 548 g/mol. The first-order valence-corrected chi connectivity index (χ1v) is 11.4. The first-order valence-electron chi connectivity index (χ1n) is 11.4. The van der Waals surface area contributed by atoms with Gasteiger partial charge in [-0.1, -0.05) is 13.0 Å². The molecule has 1 aromatic carbocycles. The molecule has 208 valence electrons. The van der Waals surface area contributed by atoms with Crippen LogP contribution in [0.5, 0.6) is 5.75 Å². The van der Waals surface area contributed by atoms with Gasteiger partial charge in [-0.05, 0) is 13.0 Å². The van der Waals surface area contributed by atoms with Crippen molar-refractivity contribution in [2.75, 3.05) is 25.6 Å². The van der Waals surface area contributed by atoms with Gasteiger partial charge >= 0.3 is 12.1 Å². The molecule has 1 aliphatic heterocycles. The van der Waals surface area contributed by atoms with E-state index in [-0.39, 0.29) is 16.9 Å². The van der Waals surface area contributed by atoms with E-state index in [2.05, 4.69) is 10.6 Å². The van der Waals surface area contributed by atoms with Crippen LogP contribution in [0.3, 0.4) is 0 Å². The number of benzene rings is 1. The Bertz CT molecular complexity index is 1210. The molecule has 1 fully saturated rings. The standard InChI is InChI=1S/C24H26F5N3O6/c1-12-17(14-4-5-15(25)18(26)19(14)37-9-8-33)20(38-23(12,2)24(27,28)29)22(36)31-13-6-7-32(11-34)16(10-13)21(35)30-3/h4-7,10,12,17,20,33-34H,8-9,11H2,1-3H3,(H,30,35)/p+1/t12-,17-,20+,23+/m0/s1. The van der Waals surface area contributed by atoms with Crippen molar-refractivity contribution in [2.45, 2.75) is 44.4 Å². The number of anilines is 1. The van der Waals surface area contributed by atoms with Gasteiger partial charge < -0.3 is 30.3 Å². The summed E-state index contributed by atoms with van der Waals surface area (Å²) in [7, 11) is 1.34. The Morgan fingerprint density at radius 1 is 1.21 bits per heavy atom. The largest absolute Gasteiger partial charge is 0.488 e. The van der Waals surface area contributed by atoms with E-state index in [1.807, 2.05) is 0 Å². The average molecular weight is 548 g/mol. The summed E-state index contributed by atoms with van der Waals surface area (Å²) < 4.78 is 82.7. The van der Waals surface area contributed by atoms with Gasteiger partial charge in [0.15, 0.2) is 23.4 Å². The van der Waals surface area contributed by atoms with Gasteiger partial charge in [-0.3, -0.25) is 9.59 Å². The first kappa shape index (κ1) is 29.2. The minimum atomic E-state index is -4.95. The molecule has 38 heavy (non-hydrogen) atoms. The van der Waals surface area contributed by atoms with Crippen LogP contribution in [-0.4, -0.2) is 60.2 Å². The fourth-order valence-electron chi connectivity index (χ4n) is 4.39. The normalized spacial score (nSPS) is 23.3. The lowest BCUT2D eigenvalue weighted by Crippen LogP contribution is -2.47. The average Bonchev–Trinajstić information content (AvgIpc) is 3.16. The summed E-state index contributed by atoms with van der Waals surface area (Å²) in [6, 6.07) is 4.19. The summed E-state index contributed by atoms with van der Waals surface area (Å²) >= 11 is 0. The molecule has 14 heteroatoms. The highest BCUT2D eigenvalue weighted by Crippen LogP contribution is 2.55. The summed E-state index contributed by atoms with van der Waals surface area (Å²) in [5.41, 5.74) is -3.18. The summed E-state index contributed by atoms with van der Waals surface area (Å²) in [5, 5.41) is 23.3. The molecular weight excluding hydrogens is 521 g/mol. The zero-order valence-electron chi connectivity index (χ0n) is 20.6. The lowest BCUT2D eigenvalue weighted by atomic mass is 9.77. The lowest BCUT2D eigenvalue weighted by molar-refractivity contribution is -0.731. The second-order valence-electron chi connectivity index (χ2n) is 8.79. The smallest absolute Gasteiger partial charge is 0.417 e. The quantitative estimate of drug-likeness (QED) is 0.296. The molecule has 2 amide bonds. The van der Waals surface area contributed by atoms with Crippen LogP contribution in [0, 0.1) is 17.6 Å². The van der Waals surface area contributed by atoms with Crippen LogP contribution in [0.1, 0.15) is 35.8 Å². The SMILES string of the molecule is CNC(=O)c1cc(NC(=O)[C@@H]2O[C@@](C)(C(F)(F)F)[C@@H](C)[C@H]2c2ccc(F)c(F)c2OCCO)cc[n+]1CO. The number of hydrogen-bond donors (Lipinski definition) is 4. The van der Waals surface area contributed by atoms with Gasteiger partial charge in [0.25, 0.3) is 18.3 Å². The number of halogens is 5. The summed E-state index contributed by atoms with van der Waals surface area (Å²) in [6.45, 7) is 0.270. The predicted molar refractivity (Wildman–Crippen MR) is 121 cm³/mol. The number of carbonyl (C=O) groups excluding carboxylic acids is 2. The molecule has 2 heterocycles. The molecule has 9 nitrogen and oxygen atoms in total. The van der Waals surface area contributed by atoms with Gasteiger partial charge in [-0.2, -0.15) is 22.1 Å². The highest BCUT2D eigenvalue weighted by Gasteiger charge is 2.66. The minimum Gasteiger partial charge on any atom is -0.488 e. The zero-order chi connectivity index (χ0) is 28.4. The lowest BCUT2D eigenvalue weighted by Gasteiger charge is -2.32. The van der Waals surface area contributed by atoms with E-state index in [0.29, 0.717) is 6.07 Å². The van der Waals surface area contributed by atoms with E-state index < -0.39 is 78.9 Å². The summed E-state index contributed by atoms with van der Waals surface area (Å²) in [4.78, 5) is 25.5. The fraction of sp³-hybridized carbons (Fsp3) is 0.458. The molecule has 1 saturated heterocycles. The van der Waals surface area contributed by atoms with Gasteiger partial charge in [0.1, 0.15) is 12.7 Å². The number of alkyl halides is 3. The van der Waals surface area contributed by atoms with Crippen LogP contribution in [0.25, 0.3) is 0 Å². The van der Waals surface area contributed by atoms with Crippen molar-refractivity contribution in [2.24, 2.45) is 5.92 Å². The van der Waals surface area contributed by atoms with Gasteiger partial charge in [0, 0.05) is 36.6 Å². The number of aliphatic hydroxyl groups excluding tert-OH is 2. The van der Waals surface area contributed by atoms with Crippen LogP contribution in [-0.2, 0) is 16.3 Å². The topological polar surface area (TPSA) is 121 Å². The molecule has 4 N–H and O–H groups in total. The van der Waals surface area contributed by atoms with Crippen molar-refractivity contribution in [3.05, 3.63) is 53.4 Å². The van der Waals surface area contributed by atoms with Gasteiger partial charge in [0.2, 0.25) is 5.82 Å². The van der Waals surface area contributed by atoms with Crippen molar-refractivity contribution in [3.8, 4) is 5.75 Å². The second-order valence-corrected chi connectivity index (χ2v) is 8.79. The highest BCUT2D eigenvalue weighted by molar-refractivity contribution is 5.97. The molecular formula is C24H27F5N3O6+. The number of carbonyl (C=O) groups is 2. The van der Waals surface area contributed by atoms with Crippen LogP contribution in [0.15, 0.2) is 30.5 Å². The molecule has 1 aromatic heterocycles. The molecule has 0 unspecified atom stereocenters. The summed E-state index contributed by atoms with van der Waals surface area (Å²) in [6.07, 6.45) is -5.53. The molecule has 2 aromatic rings. The maximum atomic E-state index is 14.7. The van der Waals surface area contributed by atoms with E-state index >= 15 is 0 Å². The molecule has 0 aliphatic carbocycles. The Kier molecular flexibility index (Phi) is 8.58. The van der Waals surface area contributed by atoms with Crippen LogP contribution >= 0.6 is 0 Å². The number of nitrogens with one attached hydrogen (secondary N) is 2. The Morgan fingerprint density at radius 2 is 1.89 bits per heavy atom.